The number of carbonyl (C=O) groups is 1. The van der Waals surface area contributed by atoms with Crippen LogP contribution in [0, 0.1) is 0 Å². The van der Waals surface area contributed by atoms with Crippen molar-refractivity contribution in [2.75, 3.05) is 7.11 Å². The van der Waals surface area contributed by atoms with Crippen LogP contribution in [0.1, 0.15) is 31.9 Å². The number of fused-ring (bicyclic) bond motifs is 1. The van der Waals surface area contributed by atoms with Crippen molar-refractivity contribution in [3.8, 4) is 11.5 Å². The third-order valence-electron chi connectivity index (χ3n) is 3.81. The lowest BCUT2D eigenvalue weighted by atomic mass is 9.94. The van der Waals surface area contributed by atoms with Gasteiger partial charge in [-0.25, -0.2) is 4.79 Å². The quantitative estimate of drug-likeness (QED) is 0.680. The number of methoxy groups -OCH3 is 1. The second-order valence-corrected chi connectivity index (χ2v) is 5.28. The van der Waals surface area contributed by atoms with Crippen molar-refractivity contribution in [2.24, 2.45) is 5.73 Å². The summed E-state index contributed by atoms with van der Waals surface area (Å²) < 4.78 is 11.3. The fraction of sp³-hybridized carbons (Fsp3) is 0.389. The van der Waals surface area contributed by atoms with E-state index in [9.17, 15) is 4.79 Å². The largest absolute Gasteiger partial charge is 0.496 e. The molecule has 4 nitrogen and oxygen atoms in total. The predicted octanol–water partition coefficient (Wildman–Crippen LogP) is 3.23. The monoisotopic (exact) mass is 301 g/mol. The molecule has 2 N–H and O–H groups in total. The summed E-state index contributed by atoms with van der Waals surface area (Å²) in [5.74, 6) is 1.04. The lowest BCUT2D eigenvalue weighted by molar-refractivity contribution is -0.135. The molecule has 0 aliphatic heterocycles. The molecule has 118 valence electrons. The lowest BCUT2D eigenvalue weighted by Gasteiger charge is -2.20. The highest BCUT2D eigenvalue weighted by molar-refractivity contribution is 5.97. The molecule has 0 radical (unpaired) electrons. The molecule has 4 heteroatoms. The molecule has 0 unspecified atom stereocenters. The van der Waals surface area contributed by atoms with Crippen LogP contribution in [-0.4, -0.2) is 19.1 Å². The summed E-state index contributed by atoms with van der Waals surface area (Å²) in [7, 11) is 1.67. The van der Waals surface area contributed by atoms with Gasteiger partial charge in [0.05, 0.1) is 7.11 Å². The molecule has 0 amide bonds. The SMILES string of the molecule is CCc1c(CC)c(OC(=O)[C@H](C)N)c2ccccc2c1OC. The molecule has 0 saturated carbocycles. The normalized spacial score (nSPS) is 12.2. The van der Waals surface area contributed by atoms with Gasteiger partial charge in [-0.2, -0.15) is 0 Å². The minimum Gasteiger partial charge on any atom is -0.496 e. The molecule has 0 fully saturated rings. The van der Waals surface area contributed by atoms with E-state index in [4.69, 9.17) is 15.2 Å². The first-order chi connectivity index (χ1) is 10.5. The Morgan fingerprint density at radius 3 is 2.05 bits per heavy atom. The summed E-state index contributed by atoms with van der Waals surface area (Å²) in [5, 5.41) is 1.83. The Morgan fingerprint density at radius 2 is 1.59 bits per heavy atom. The first kappa shape index (κ1) is 16.3. The summed E-state index contributed by atoms with van der Waals surface area (Å²) in [6, 6.07) is 7.15. The maximum Gasteiger partial charge on any atom is 0.328 e. The van der Waals surface area contributed by atoms with Gasteiger partial charge in [-0.05, 0) is 19.8 Å². The molecular formula is C18H23NO3. The summed E-state index contributed by atoms with van der Waals surface area (Å²) in [5.41, 5.74) is 7.73. The number of ether oxygens (including phenoxy) is 2. The van der Waals surface area contributed by atoms with Gasteiger partial charge < -0.3 is 15.2 Å². The molecular weight excluding hydrogens is 278 g/mol. The minimum absolute atomic E-state index is 0.424. The second-order valence-electron chi connectivity index (χ2n) is 5.28. The maximum atomic E-state index is 12.0. The predicted molar refractivity (Wildman–Crippen MR) is 88.5 cm³/mol. The fourth-order valence-electron chi connectivity index (χ4n) is 2.77. The van der Waals surface area contributed by atoms with Gasteiger partial charge >= 0.3 is 5.97 Å². The zero-order chi connectivity index (χ0) is 16.3. The summed E-state index contributed by atoms with van der Waals surface area (Å²) in [6.45, 7) is 5.75. The molecule has 0 aliphatic carbocycles. The van der Waals surface area contributed by atoms with Crippen LogP contribution in [0.4, 0.5) is 0 Å². The van der Waals surface area contributed by atoms with E-state index >= 15 is 0 Å². The van der Waals surface area contributed by atoms with Crippen LogP contribution in [0.5, 0.6) is 11.5 Å². The number of hydrogen-bond donors (Lipinski definition) is 1. The maximum absolute atomic E-state index is 12.0. The Balaban J connectivity index is 2.79. The van der Waals surface area contributed by atoms with Crippen molar-refractivity contribution in [3.63, 3.8) is 0 Å². The molecule has 0 spiro atoms. The van der Waals surface area contributed by atoms with Crippen molar-refractivity contribution in [1.82, 2.24) is 0 Å². The number of hydrogen-bond acceptors (Lipinski definition) is 4. The van der Waals surface area contributed by atoms with Crippen LogP contribution in [-0.2, 0) is 17.6 Å². The van der Waals surface area contributed by atoms with E-state index in [0.717, 1.165) is 40.5 Å². The lowest BCUT2D eigenvalue weighted by Crippen LogP contribution is -2.31. The molecule has 1 atom stereocenters. The summed E-state index contributed by atoms with van der Waals surface area (Å²) >= 11 is 0. The molecule has 0 heterocycles. The van der Waals surface area contributed by atoms with Gasteiger partial charge in [-0.3, -0.25) is 0 Å². The van der Waals surface area contributed by atoms with Crippen LogP contribution >= 0.6 is 0 Å². The van der Waals surface area contributed by atoms with E-state index in [1.807, 2.05) is 31.2 Å². The highest BCUT2D eigenvalue weighted by Gasteiger charge is 2.21. The first-order valence-electron chi connectivity index (χ1n) is 7.62. The number of esters is 1. The first-order valence-corrected chi connectivity index (χ1v) is 7.62. The van der Waals surface area contributed by atoms with Gasteiger partial charge in [0.1, 0.15) is 17.5 Å². The molecule has 2 rings (SSSR count). The number of benzene rings is 2. The van der Waals surface area contributed by atoms with Crippen molar-refractivity contribution < 1.29 is 14.3 Å². The van der Waals surface area contributed by atoms with E-state index in [1.165, 1.54) is 0 Å². The summed E-state index contributed by atoms with van der Waals surface area (Å²) in [6.07, 6.45) is 1.56. The average Bonchev–Trinajstić information content (AvgIpc) is 2.53. The second kappa shape index (κ2) is 6.79. The van der Waals surface area contributed by atoms with Gasteiger partial charge in [0.15, 0.2) is 0 Å². The molecule has 2 aromatic rings. The fourth-order valence-corrected chi connectivity index (χ4v) is 2.77. The van der Waals surface area contributed by atoms with Crippen molar-refractivity contribution in [1.29, 1.82) is 0 Å². The Morgan fingerprint density at radius 1 is 1.09 bits per heavy atom. The zero-order valence-corrected chi connectivity index (χ0v) is 13.6. The number of carbonyl (C=O) groups excluding carboxylic acids is 1. The Bertz CT molecular complexity index is 692. The average molecular weight is 301 g/mol. The molecule has 0 bridgehead atoms. The van der Waals surface area contributed by atoms with Crippen LogP contribution in [0.15, 0.2) is 24.3 Å². The molecule has 22 heavy (non-hydrogen) atoms. The van der Waals surface area contributed by atoms with Gasteiger partial charge in [-0.1, -0.05) is 38.1 Å². The molecule has 0 saturated heterocycles. The standard InChI is InChI=1S/C18H23NO3/c1-5-12-13(6-2)17(22-18(20)11(3)19)15-10-8-7-9-14(15)16(12)21-4/h7-11H,5-6,19H2,1-4H3/t11-/m0/s1. The van der Waals surface area contributed by atoms with Crippen LogP contribution in [0.25, 0.3) is 10.8 Å². The number of rotatable bonds is 5. The van der Waals surface area contributed by atoms with Gasteiger partial charge in [0.2, 0.25) is 0 Å². The Kier molecular flexibility index (Phi) is 5.03. The highest BCUT2D eigenvalue weighted by atomic mass is 16.5. The highest BCUT2D eigenvalue weighted by Crippen LogP contribution is 2.41. The van der Waals surface area contributed by atoms with Crippen LogP contribution < -0.4 is 15.2 Å². The number of nitrogens with two attached hydrogens (primary N) is 1. The zero-order valence-electron chi connectivity index (χ0n) is 13.6. The van der Waals surface area contributed by atoms with Gasteiger partial charge in [0, 0.05) is 21.9 Å². The van der Waals surface area contributed by atoms with E-state index in [1.54, 1.807) is 14.0 Å². The van der Waals surface area contributed by atoms with Gasteiger partial charge in [0.25, 0.3) is 0 Å². The van der Waals surface area contributed by atoms with Gasteiger partial charge in [-0.15, -0.1) is 0 Å². The third kappa shape index (κ3) is 2.79. The smallest absolute Gasteiger partial charge is 0.328 e. The Hall–Kier alpha value is -2.07. The van der Waals surface area contributed by atoms with Crippen molar-refractivity contribution in [2.45, 2.75) is 39.7 Å². The molecule has 0 aromatic heterocycles. The van der Waals surface area contributed by atoms with Crippen LogP contribution in [0.3, 0.4) is 0 Å². The topological polar surface area (TPSA) is 61.5 Å². The van der Waals surface area contributed by atoms with Crippen molar-refractivity contribution >= 4 is 16.7 Å². The van der Waals surface area contributed by atoms with E-state index in [0.29, 0.717) is 5.75 Å². The summed E-state index contributed by atoms with van der Waals surface area (Å²) in [4.78, 5) is 12.0. The third-order valence-corrected chi connectivity index (χ3v) is 3.81. The van der Waals surface area contributed by atoms with E-state index in [2.05, 4.69) is 6.92 Å². The van der Waals surface area contributed by atoms with E-state index < -0.39 is 12.0 Å². The van der Waals surface area contributed by atoms with Crippen LogP contribution in [0.2, 0.25) is 0 Å². The Labute approximate surface area is 131 Å². The molecule has 0 aliphatic rings. The van der Waals surface area contributed by atoms with Crippen molar-refractivity contribution in [3.05, 3.63) is 35.4 Å². The molecule has 2 aromatic carbocycles. The van der Waals surface area contributed by atoms with E-state index in [-0.39, 0.29) is 0 Å². The minimum atomic E-state index is -0.657.